The third kappa shape index (κ3) is 4.41. The molecule has 0 atom stereocenters. The molecule has 7 heteroatoms. The highest BCUT2D eigenvalue weighted by Crippen LogP contribution is 2.33. The van der Waals surface area contributed by atoms with Gasteiger partial charge in [-0.1, -0.05) is 23.7 Å². The van der Waals surface area contributed by atoms with Crippen molar-refractivity contribution in [3.05, 3.63) is 58.1 Å². The van der Waals surface area contributed by atoms with Gasteiger partial charge in [0.1, 0.15) is 5.75 Å². The van der Waals surface area contributed by atoms with Gasteiger partial charge in [0, 0.05) is 0 Å². The quantitative estimate of drug-likeness (QED) is 0.836. The van der Waals surface area contributed by atoms with Gasteiger partial charge in [-0.25, -0.2) is 0 Å². The first-order valence-electron chi connectivity index (χ1n) is 7.04. The standard InChI is InChI=1S/C17H15ClF3NO2/c1-10-4-3-5-15(11(10)2)24-9-16(23)22-14-8-12(17(19,20)21)6-7-13(14)18/h3-8H,9H2,1-2H3,(H,22,23). The van der Waals surface area contributed by atoms with Crippen LogP contribution in [0, 0.1) is 13.8 Å². The summed E-state index contributed by atoms with van der Waals surface area (Å²) in [6.45, 7) is 3.42. The molecule has 1 N–H and O–H groups in total. The summed E-state index contributed by atoms with van der Waals surface area (Å²) in [7, 11) is 0. The summed E-state index contributed by atoms with van der Waals surface area (Å²) in [4.78, 5) is 11.9. The zero-order valence-electron chi connectivity index (χ0n) is 13.0. The Bertz CT molecular complexity index is 760. The van der Waals surface area contributed by atoms with E-state index in [2.05, 4.69) is 5.32 Å². The van der Waals surface area contributed by atoms with Crippen molar-refractivity contribution in [2.24, 2.45) is 0 Å². The van der Waals surface area contributed by atoms with Crippen LogP contribution in [0.15, 0.2) is 36.4 Å². The summed E-state index contributed by atoms with van der Waals surface area (Å²) in [5.74, 6) is -0.0579. The van der Waals surface area contributed by atoms with E-state index < -0.39 is 17.6 Å². The lowest BCUT2D eigenvalue weighted by molar-refractivity contribution is -0.137. The van der Waals surface area contributed by atoms with Crippen molar-refractivity contribution in [1.82, 2.24) is 0 Å². The number of anilines is 1. The molecule has 0 spiro atoms. The van der Waals surface area contributed by atoms with Gasteiger partial charge in [0.05, 0.1) is 16.3 Å². The molecule has 2 aromatic rings. The van der Waals surface area contributed by atoms with E-state index >= 15 is 0 Å². The summed E-state index contributed by atoms with van der Waals surface area (Å²) in [5.41, 5.74) is 0.898. The molecule has 2 rings (SSSR count). The number of aryl methyl sites for hydroxylation is 1. The Morgan fingerprint density at radius 3 is 2.58 bits per heavy atom. The van der Waals surface area contributed by atoms with Crippen LogP contribution in [0.3, 0.4) is 0 Å². The fourth-order valence-electron chi connectivity index (χ4n) is 2.01. The maximum Gasteiger partial charge on any atom is 0.416 e. The van der Waals surface area contributed by atoms with Crippen molar-refractivity contribution in [3.8, 4) is 5.75 Å². The van der Waals surface area contributed by atoms with Gasteiger partial charge in [0.2, 0.25) is 0 Å². The van der Waals surface area contributed by atoms with Gasteiger partial charge in [-0.15, -0.1) is 0 Å². The number of nitrogens with one attached hydrogen (secondary N) is 1. The predicted octanol–water partition coefficient (Wildman–Crippen LogP) is 4.99. The molecule has 1 amide bonds. The molecule has 0 aliphatic carbocycles. The van der Waals surface area contributed by atoms with Crippen LogP contribution in [0.2, 0.25) is 5.02 Å². The number of benzene rings is 2. The number of hydrogen-bond acceptors (Lipinski definition) is 2. The second-order valence-corrected chi connectivity index (χ2v) is 5.63. The van der Waals surface area contributed by atoms with Gasteiger partial charge in [-0.2, -0.15) is 13.2 Å². The lowest BCUT2D eigenvalue weighted by Gasteiger charge is -2.13. The minimum atomic E-state index is -4.51. The summed E-state index contributed by atoms with van der Waals surface area (Å²) in [6.07, 6.45) is -4.51. The molecule has 0 fully saturated rings. The van der Waals surface area contributed by atoms with E-state index in [1.165, 1.54) is 0 Å². The summed E-state index contributed by atoms with van der Waals surface area (Å²) in [6, 6.07) is 8.14. The highest BCUT2D eigenvalue weighted by Gasteiger charge is 2.31. The second-order valence-electron chi connectivity index (χ2n) is 5.23. The van der Waals surface area contributed by atoms with Crippen LogP contribution in [0.25, 0.3) is 0 Å². The average molecular weight is 358 g/mol. The van der Waals surface area contributed by atoms with Crippen LogP contribution in [0.1, 0.15) is 16.7 Å². The largest absolute Gasteiger partial charge is 0.483 e. The van der Waals surface area contributed by atoms with Crippen molar-refractivity contribution < 1.29 is 22.7 Å². The number of rotatable bonds is 4. The first-order valence-corrected chi connectivity index (χ1v) is 7.42. The van der Waals surface area contributed by atoms with Crippen LogP contribution in [-0.4, -0.2) is 12.5 Å². The minimum absolute atomic E-state index is 0.0167. The molecule has 2 aromatic carbocycles. The monoisotopic (exact) mass is 357 g/mol. The summed E-state index contributed by atoms with van der Waals surface area (Å²) in [5, 5.41) is 2.35. The number of amides is 1. The zero-order chi connectivity index (χ0) is 17.9. The molecule has 0 saturated heterocycles. The summed E-state index contributed by atoms with van der Waals surface area (Å²) >= 11 is 5.83. The van der Waals surface area contributed by atoms with E-state index in [-0.39, 0.29) is 17.3 Å². The highest BCUT2D eigenvalue weighted by atomic mass is 35.5. The Morgan fingerprint density at radius 2 is 1.92 bits per heavy atom. The van der Waals surface area contributed by atoms with E-state index in [0.29, 0.717) is 5.75 Å². The lowest BCUT2D eigenvalue weighted by atomic mass is 10.1. The average Bonchev–Trinajstić information content (AvgIpc) is 2.50. The fourth-order valence-corrected chi connectivity index (χ4v) is 2.17. The number of ether oxygens (including phenoxy) is 1. The van der Waals surface area contributed by atoms with Gasteiger partial charge < -0.3 is 10.1 Å². The Hall–Kier alpha value is -2.21. The minimum Gasteiger partial charge on any atom is -0.483 e. The normalized spacial score (nSPS) is 11.2. The van der Waals surface area contributed by atoms with Crippen LogP contribution in [0.5, 0.6) is 5.75 Å². The van der Waals surface area contributed by atoms with Crippen molar-refractivity contribution in [3.63, 3.8) is 0 Å². The van der Waals surface area contributed by atoms with Gasteiger partial charge in [0.15, 0.2) is 6.61 Å². The van der Waals surface area contributed by atoms with Gasteiger partial charge in [-0.05, 0) is 49.2 Å². The Kier molecular flexibility index (Phi) is 5.39. The zero-order valence-corrected chi connectivity index (χ0v) is 13.8. The van der Waals surface area contributed by atoms with Crippen molar-refractivity contribution in [2.75, 3.05) is 11.9 Å². The molecule has 0 heterocycles. The first kappa shape index (κ1) is 18.1. The van der Waals surface area contributed by atoms with Crippen LogP contribution >= 0.6 is 11.6 Å². The Balaban J connectivity index is 2.06. The number of hydrogen-bond donors (Lipinski definition) is 1. The van der Waals surface area contributed by atoms with E-state index in [1.807, 2.05) is 19.9 Å². The van der Waals surface area contributed by atoms with E-state index in [1.54, 1.807) is 12.1 Å². The molecular formula is C17H15ClF3NO2. The third-order valence-corrected chi connectivity index (χ3v) is 3.81. The third-order valence-electron chi connectivity index (χ3n) is 3.48. The van der Waals surface area contributed by atoms with Crippen molar-refractivity contribution >= 4 is 23.2 Å². The molecule has 0 saturated carbocycles. The molecule has 0 aliphatic heterocycles. The molecule has 0 aromatic heterocycles. The number of carbonyl (C=O) groups is 1. The number of halogens is 4. The van der Waals surface area contributed by atoms with Gasteiger partial charge >= 0.3 is 6.18 Å². The van der Waals surface area contributed by atoms with Gasteiger partial charge in [0.25, 0.3) is 5.91 Å². The number of carbonyl (C=O) groups excluding carboxylic acids is 1. The Morgan fingerprint density at radius 1 is 1.21 bits per heavy atom. The molecule has 0 aliphatic rings. The van der Waals surface area contributed by atoms with Crippen LogP contribution in [-0.2, 0) is 11.0 Å². The SMILES string of the molecule is Cc1cccc(OCC(=O)Nc2cc(C(F)(F)F)ccc2Cl)c1C. The van der Waals surface area contributed by atoms with E-state index in [0.717, 1.165) is 29.3 Å². The smallest absolute Gasteiger partial charge is 0.416 e. The van der Waals surface area contributed by atoms with Crippen LogP contribution < -0.4 is 10.1 Å². The topological polar surface area (TPSA) is 38.3 Å². The fraction of sp³-hybridized carbons (Fsp3) is 0.235. The molecular weight excluding hydrogens is 343 g/mol. The lowest BCUT2D eigenvalue weighted by Crippen LogP contribution is -2.21. The maximum absolute atomic E-state index is 12.7. The van der Waals surface area contributed by atoms with Crippen molar-refractivity contribution in [2.45, 2.75) is 20.0 Å². The molecule has 128 valence electrons. The van der Waals surface area contributed by atoms with Crippen molar-refractivity contribution in [1.29, 1.82) is 0 Å². The Labute approximate surface area is 142 Å². The van der Waals surface area contributed by atoms with Gasteiger partial charge in [-0.3, -0.25) is 4.79 Å². The summed E-state index contributed by atoms with van der Waals surface area (Å²) < 4.78 is 43.5. The highest BCUT2D eigenvalue weighted by molar-refractivity contribution is 6.33. The predicted molar refractivity (Wildman–Crippen MR) is 86.5 cm³/mol. The maximum atomic E-state index is 12.7. The van der Waals surface area contributed by atoms with Crippen LogP contribution in [0.4, 0.5) is 18.9 Å². The molecule has 0 radical (unpaired) electrons. The second kappa shape index (κ2) is 7.13. The first-order chi connectivity index (χ1) is 11.2. The number of alkyl halides is 3. The molecule has 0 unspecified atom stereocenters. The molecule has 24 heavy (non-hydrogen) atoms. The van der Waals surface area contributed by atoms with E-state index in [4.69, 9.17) is 16.3 Å². The van der Waals surface area contributed by atoms with E-state index in [9.17, 15) is 18.0 Å². The molecule has 0 bridgehead atoms. The molecule has 3 nitrogen and oxygen atoms in total.